The summed E-state index contributed by atoms with van der Waals surface area (Å²) in [5.74, 6) is 0. The van der Waals surface area contributed by atoms with Crippen LogP contribution in [0.1, 0.15) is 25.8 Å². The number of rotatable bonds is 8. The molecule has 1 aliphatic heterocycles. The summed E-state index contributed by atoms with van der Waals surface area (Å²) < 4.78 is 4.52. The van der Waals surface area contributed by atoms with Crippen LogP contribution in [0.4, 0.5) is 11.4 Å². The van der Waals surface area contributed by atoms with Gasteiger partial charge in [0.1, 0.15) is 6.54 Å². The zero-order valence-corrected chi connectivity index (χ0v) is 21.7. The zero-order chi connectivity index (χ0) is 24.9. The molecule has 0 saturated heterocycles. The third-order valence-corrected chi connectivity index (χ3v) is 8.03. The topological polar surface area (TPSA) is 11.0 Å². The molecule has 1 aliphatic rings. The van der Waals surface area contributed by atoms with Crippen molar-refractivity contribution in [1.82, 2.24) is 0 Å². The van der Waals surface area contributed by atoms with Crippen LogP contribution in [0.2, 0.25) is 0 Å². The van der Waals surface area contributed by atoms with Crippen LogP contribution in [0.5, 0.6) is 0 Å². The van der Waals surface area contributed by atoms with Gasteiger partial charge in [-0.25, -0.2) is 9.13 Å². The first-order valence-electron chi connectivity index (χ1n) is 13.0. The van der Waals surface area contributed by atoms with Gasteiger partial charge in [-0.05, 0) is 41.8 Å². The molecular formula is C34H35N3S+2. The smallest absolute Gasteiger partial charge is 0.173 e. The van der Waals surface area contributed by atoms with Crippen LogP contribution in [-0.2, 0) is 13.1 Å². The third-order valence-electron chi connectivity index (χ3n) is 6.90. The Balaban J connectivity index is 0.00000294. The highest BCUT2D eigenvalue weighted by Crippen LogP contribution is 2.47. The van der Waals surface area contributed by atoms with Gasteiger partial charge in [0.15, 0.2) is 31.3 Å². The lowest BCUT2D eigenvalue weighted by Gasteiger charge is -2.32. The molecule has 4 heteroatoms. The van der Waals surface area contributed by atoms with Crippen molar-refractivity contribution in [3.63, 3.8) is 0 Å². The summed E-state index contributed by atoms with van der Waals surface area (Å²) in [4.78, 5) is 5.18. The molecule has 0 atom stereocenters. The van der Waals surface area contributed by atoms with Gasteiger partial charge in [-0.15, -0.1) is 0 Å². The standard InChI is InChI=1S/C33H31N3S.CH4/c1-2-10-27(11-3-1)26-35-24-18-29(19-25-35)28-16-22-34(23-17-28)20-8-9-21-36-30-12-4-6-14-32(30)37-33-15-7-5-13-31(33)36;/h1-7,10-19,22-25H,8-9,20-21,26H2;1H4/q+2;. The third kappa shape index (κ3) is 5.81. The predicted molar refractivity (Wildman–Crippen MR) is 158 cm³/mol. The molecule has 2 aromatic heterocycles. The minimum absolute atomic E-state index is 0. The van der Waals surface area contributed by atoms with Gasteiger partial charge < -0.3 is 4.90 Å². The molecule has 38 heavy (non-hydrogen) atoms. The number of para-hydroxylation sites is 2. The van der Waals surface area contributed by atoms with Crippen molar-refractivity contribution in [2.45, 2.75) is 43.1 Å². The Bertz CT molecular complexity index is 1420. The lowest BCUT2D eigenvalue weighted by molar-refractivity contribution is -0.697. The molecule has 0 aliphatic carbocycles. The number of unbranched alkanes of at least 4 members (excludes halogenated alkanes) is 1. The van der Waals surface area contributed by atoms with Crippen molar-refractivity contribution in [3.8, 4) is 11.1 Å². The van der Waals surface area contributed by atoms with E-state index in [0.717, 1.165) is 32.5 Å². The lowest BCUT2D eigenvalue weighted by atomic mass is 10.1. The highest BCUT2D eigenvalue weighted by molar-refractivity contribution is 7.99. The largest absolute Gasteiger partial charge is 0.340 e. The second kappa shape index (κ2) is 12.1. The van der Waals surface area contributed by atoms with Gasteiger partial charge in [0.25, 0.3) is 0 Å². The molecular weight excluding hydrogens is 482 g/mol. The van der Waals surface area contributed by atoms with Crippen molar-refractivity contribution in [2.24, 2.45) is 0 Å². The molecule has 0 radical (unpaired) electrons. The number of hydrogen-bond donors (Lipinski definition) is 0. The van der Waals surface area contributed by atoms with Crippen molar-refractivity contribution in [2.75, 3.05) is 11.4 Å². The number of nitrogens with zero attached hydrogens (tertiary/aromatic N) is 3. The molecule has 0 N–H and O–H groups in total. The van der Waals surface area contributed by atoms with E-state index in [2.05, 4.69) is 142 Å². The summed E-state index contributed by atoms with van der Waals surface area (Å²) in [5.41, 5.74) is 6.47. The van der Waals surface area contributed by atoms with E-state index < -0.39 is 0 Å². The number of anilines is 2. The first-order valence-corrected chi connectivity index (χ1v) is 13.8. The number of aryl methyl sites for hydroxylation is 1. The van der Waals surface area contributed by atoms with Crippen molar-refractivity contribution >= 4 is 23.1 Å². The normalized spacial score (nSPS) is 11.8. The molecule has 0 saturated carbocycles. The van der Waals surface area contributed by atoms with Crippen molar-refractivity contribution < 1.29 is 9.13 Å². The van der Waals surface area contributed by atoms with E-state index in [4.69, 9.17) is 0 Å². The van der Waals surface area contributed by atoms with E-state index >= 15 is 0 Å². The minimum atomic E-state index is 0. The molecule has 190 valence electrons. The summed E-state index contributed by atoms with van der Waals surface area (Å²) in [6.07, 6.45) is 11.0. The summed E-state index contributed by atoms with van der Waals surface area (Å²) >= 11 is 1.88. The maximum absolute atomic E-state index is 2.49. The number of fused-ring (bicyclic) bond motifs is 2. The second-order valence-electron chi connectivity index (χ2n) is 9.47. The molecule has 3 heterocycles. The molecule has 0 bridgehead atoms. The van der Waals surface area contributed by atoms with Crippen LogP contribution in [0.25, 0.3) is 11.1 Å². The van der Waals surface area contributed by atoms with Gasteiger partial charge in [0.05, 0.1) is 11.4 Å². The van der Waals surface area contributed by atoms with E-state index in [1.165, 1.54) is 37.9 Å². The van der Waals surface area contributed by atoms with Gasteiger partial charge in [-0.3, -0.25) is 0 Å². The van der Waals surface area contributed by atoms with E-state index in [9.17, 15) is 0 Å². The Morgan fingerprint density at radius 3 is 1.68 bits per heavy atom. The van der Waals surface area contributed by atoms with Gasteiger partial charge in [0, 0.05) is 52.6 Å². The Hall–Kier alpha value is -3.89. The summed E-state index contributed by atoms with van der Waals surface area (Å²) in [6.45, 7) is 2.95. The summed E-state index contributed by atoms with van der Waals surface area (Å²) in [5, 5.41) is 0. The van der Waals surface area contributed by atoms with E-state index in [1.54, 1.807) is 0 Å². The SMILES string of the molecule is C.c1ccc(C[n+]2ccc(-c3cc[n+](CCCCN4c5ccccc5Sc5ccccc54)cc3)cc2)cc1. The maximum atomic E-state index is 2.49. The average molecular weight is 518 g/mol. The minimum Gasteiger partial charge on any atom is -0.340 e. The average Bonchev–Trinajstić information content (AvgIpc) is 2.96. The van der Waals surface area contributed by atoms with Crippen LogP contribution >= 0.6 is 11.8 Å². The highest BCUT2D eigenvalue weighted by Gasteiger charge is 2.22. The summed E-state index contributed by atoms with van der Waals surface area (Å²) in [6, 6.07) is 37.0. The fourth-order valence-corrected chi connectivity index (χ4v) is 6.03. The Kier molecular flexibility index (Phi) is 8.20. The molecule has 0 spiro atoms. The van der Waals surface area contributed by atoms with Crippen molar-refractivity contribution in [1.29, 1.82) is 0 Å². The molecule has 3 nitrogen and oxygen atoms in total. The number of aromatic nitrogens is 2. The van der Waals surface area contributed by atoms with Crippen LogP contribution in [0.3, 0.4) is 0 Å². The van der Waals surface area contributed by atoms with E-state index in [1.807, 2.05) is 11.8 Å². The Morgan fingerprint density at radius 1 is 0.553 bits per heavy atom. The molecule has 6 rings (SSSR count). The molecule has 0 fully saturated rings. The number of benzene rings is 3. The monoisotopic (exact) mass is 517 g/mol. The van der Waals surface area contributed by atoms with Gasteiger partial charge >= 0.3 is 0 Å². The highest BCUT2D eigenvalue weighted by atomic mass is 32.2. The van der Waals surface area contributed by atoms with E-state index in [0.29, 0.717) is 0 Å². The quantitative estimate of drug-likeness (QED) is 0.154. The van der Waals surface area contributed by atoms with Gasteiger partial charge in [-0.2, -0.15) is 0 Å². The summed E-state index contributed by atoms with van der Waals surface area (Å²) in [7, 11) is 0. The second-order valence-corrected chi connectivity index (χ2v) is 10.5. The predicted octanol–water partition coefficient (Wildman–Crippen LogP) is 7.70. The molecule has 5 aromatic rings. The van der Waals surface area contributed by atoms with Crippen LogP contribution in [0, 0.1) is 0 Å². The molecule has 3 aromatic carbocycles. The first-order chi connectivity index (χ1) is 18.3. The van der Waals surface area contributed by atoms with Gasteiger partial charge in [0.2, 0.25) is 0 Å². The molecule has 0 amide bonds. The lowest BCUT2D eigenvalue weighted by Crippen LogP contribution is -2.33. The zero-order valence-electron chi connectivity index (χ0n) is 20.9. The Morgan fingerprint density at radius 2 is 1.08 bits per heavy atom. The number of hydrogen-bond acceptors (Lipinski definition) is 2. The van der Waals surface area contributed by atoms with Crippen LogP contribution in [-0.4, -0.2) is 6.54 Å². The number of pyridine rings is 2. The fraction of sp³-hybridized carbons (Fsp3) is 0.176. The van der Waals surface area contributed by atoms with Crippen LogP contribution < -0.4 is 14.0 Å². The maximum Gasteiger partial charge on any atom is 0.173 e. The fourth-order valence-electron chi connectivity index (χ4n) is 4.93. The van der Waals surface area contributed by atoms with Crippen LogP contribution in [0.15, 0.2) is 138 Å². The Labute approximate surface area is 231 Å². The first kappa shape index (κ1) is 25.7. The van der Waals surface area contributed by atoms with E-state index in [-0.39, 0.29) is 7.43 Å². The van der Waals surface area contributed by atoms with Crippen molar-refractivity contribution in [3.05, 3.63) is 133 Å². The molecule has 0 unspecified atom stereocenters. The van der Waals surface area contributed by atoms with Gasteiger partial charge in [-0.1, -0.05) is 73.8 Å².